The summed E-state index contributed by atoms with van der Waals surface area (Å²) in [6.45, 7) is 8.61. The maximum atomic E-state index is 6.01. The van der Waals surface area contributed by atoms with Crippen LogP contribution in [-0.2, 0) is 4.74 Å². The summed E-state index contributed by atoms with van der Waals surface area (Å²) in [5.41, 5.74) is 0.705. The number of hydrogen-bond donors (Lipinski definition) is 0. The minimum absolute atomic E-state index is 0.287. The Morgan fingerprint density at radius 2 is 2.08 bits per heavy atom. The van der Waals surface area contributed by atoms with E-state index < -0.39 is 0 Å². The number of rotatable bonds is 3. The average molecular weight is 205 g/mol. The maximum absolute atomic E-state index is 6.01. The van der Waals surface area contributed by atoms with Crippen LogP contribution in [-0.4, -0.2) is 19.1 Å². The highest BCUT2D eigenvalue weighted by atomic mass is 35.5. The molecule has 0 aliphatic carbocycles. The Hall–Kier alpha value is 0.250. The van der Waals surface area contributed by atoms with Gasteiger partial charge in [0.25, 0.3) is 0 Å². The van der Waals surface area contributed by atoms with Crippen LogP contribution in [0.2, 0.25) is 0 Å². The Kier molecular flexibility index (Phi) is 3.64. The lowest BCUT2D eigenvalue weighted by Gasteiger charge is -2.28. The summed E-state index contributed by atoms with van der Waals surface area (Å²) in [7, 11) is 0. The van der Waals surface area contributed by atoms with Gasteiger partial charge in [-0.3, -0.25) is 0 Å². The van der Waals surface area contributed by atoms with Gasteiger partial charge in [-0.2, -0.15) is 0 Å². The molecule has 0 radical (unpaired) electrons. The molecule has 0 aromatic carbocycles. The highest BCUT2D eigenvalue weighted by Gasteiger charge is 2.34. The molecule has 1 atom stereocenters. The summed E-state index contributed by atoms with van der Waals surface area (Å²) < 4.78 is 5.43. The van der Waals surface area contributed by atoms with Crippen LogP contribution in [0.15, 0.2) is 0 Å². The van der Waals surface area contributed by atoms with E-state index in [-0.39, 0.29) is 5.41 Å². The van der Waals surface area contributed by atoms with Gasteiger partial charge in [0.1, 0.15) is 0 Å². The molecule has 0 bridgehead atoms. The largest absolute Gasteiger partial charge is 0.381 e. The van der Waals surface area contributed by atoms with Crippen molar-refractivity contribution in [2.24, 2.45) is 10.8 Å². The number of alkyl halides is 1. The van der Waals surface area contributed by atoms with Crippen molar-refractivity contribution in [3.8, 4) is 0 Å². The molecule has 1 unspecified atom stereocenters. The van der Waals surface area contributed by atoms with Gasteiger partial charge in [0.15, 0.2) is 0 Å². The van der Waals surface area contributed by atoms with Gasteiger partial charge in [-0.25, -0.2) is 0 Å². The number of hydrogen-bond acceptors (Lipinski definition) is 1. The highest BCUT2D eigenvalue weighted by Crippen LogP contribution is 2.38. The molecular weight excluding hydrogens is 184 g/mol. The maximum Gasteiger partial charge on any atom is 0.0534 e. The molecule has 2 heteroatoms. The Bertz CT molecular complexity index is 154. The SMILES string of the molecule is CC(C)(C)CCC1(CCl)CCOC1. The van der Waals surface area contributed by atoms with Crippen molar-refractivity contribution in [3.05, 3.63) is 0 Å². The predicted molar refractivity (Wildman–Crippen MR) is 57.3 cm³/mol. The molecule has 0 N–H and O–H groups in total. The zero-order valence-corrected chi connectivity index (χ0v) is 9.78. The van der Waals surface area contributed by atoms with Gasteiger partial charge >= 0.3 is 0 Å². The van der Waals surface area contributed by atoms with E-state index >= 15 is 0 Å². The van der Waals surface area contributed by atoms with Gasteiger partial charge in [0.05, 0.1) is 6.61 Å². The van der Waals surface area contributed by atoms with Crippen molar-refractivity contribution in [3.63, 3.8) is 0 Å². The van der Waals surface area contributed by atoms with Crippen LogP contribution >= 0.6 is 11.6 Å². The van der Waals surface area contributed by atoms with E-state index in [1.807, 2.05) is 0 Å². The lowest BCUT2D eigenvalue weighted by Crippen LogP contribution is -2.25. The van der Waals surface area contributed by atoms with E-state index in [2.05, 4.69) is 20.8 Å². The van der Waals surface area contributed by atoms with Crippen molar-refractivity contribution in [1.82, 2.24) is 0 Å². The monoisotopic (exact) mass is 204 g/mol. The molecule has 1 aliphatic heterocycles. The Morgan fingerprint density at radius 1 is 1.38 bits per heavy atom. The smallest absolute Gasteiger partial charge is 0.0534 e. The molecule has 1 saturated heterocycles. The molecule has 1 aliphatic rings. The van der Waals surface area contributed by atoms with Gasteiger partial charge in [-0.15, -0.1) is 11.6 Å². The fourth-order valence-corrected chi connectivity index (χ4v) is 2.00. The molecule has 0 spiro atoms. The average Bonchev–Trinajstić information content (AvgIpc) is 2.49. The fourth-order valence-electron chi connectivity index (χ4n) is 1.66. The van der Waals surface area contributed by atoms with E-state index in [9.17, 15) is 0 Å². The summed E-state index contributed by atoms with van der Waals surface area (Å²) in [5, 5.41) is 0. The van der Waals surface area contributed by atoms with Crippen molar-refractivity contribution >= 4 is 11.6 Å². The van der Waals surface area contributed by atoms with Gasteiger partial charge in [-0.1, -0.05) is 20.8 Å². The summed E-state index contributed by atoms with van der Waals surface area (Å²) in [6, 6.07) is 0. The third kappa shape index (κ3) is 3.47. The summed E-state index contributed by atoms with van der Waals surface area (Å²) in [6.07, 6.45) is 3.59. The van der Waals surface area contributed by atoms with Crippen molar-refractivity contribution in [2.45, 2.75) is 40.0 Å². The summed E-state index contributed by atoms with van der Waals surface area (Å²) in [5.74, 6) is 0.753. The zero-order chi connectivity index (χ0) is 9.95. The van der Waals surface area contributed by atoms with Crippen LogP contribution in [0.3, 0.4) is 0 Å². The second-order valence-corrected chi connectivity index (χ2v) is 5.76. The number of halogens is 1. The van der Waals surface area contributed by atoms with E-state index in [1.54, 1.807) is 0 Å². The van der Waals surface area contributed by atoms with Crippen LogP contribution in [0.4, 0.5) is 0 Å². The molecule has 1 rings (SSSR count). The van der Waals surface area contributed by atoms with Gasteiger partial charge < -0.3 is 4.74 Å². The topological polar surface area (TPSA) is 9.23 Å². The minimum Gasteiger partial charge on any atom is -0.381 e. The molecule has 1 fully saturated rings. The van der Waals surface area contributed by atoms with Gasteiger partial charge in [-0.05, 0) is 24.7 Å². The van der Waals surface area contributed by atoms with E-state index in [0.29, 0.717) is 5.41 Å². The first kappa shape index (κ1) is 11.3. The van der Waals surface area contributed by atoms with Crippen molar-refractivity contribution in [1.29, 1.82) is 0 Å². The Balaban J connectivity index is 2.40. The zero-order valence-electron chi connectivity index (χ0n) is 9.03. The molecule has 1 nitrogen and oxygen atoms in total. The first-order valence-corrected chi connectivity index (χ1v) is 5.65. The van der Waals surface area contributed by atoms with Crippen LogP contribution in [0.25, 0.3) is 0 Å². The Labute approximate surface area is 86.8 Å². The third-order valence-corrected chi connectivity index (χ3v) is 3.44. The molecule has 0 saturated carbocycles. The van der Waals surface area contributed by atoms with Crippen molar-refractivity contribution < 1.29 is 4.74 Å². The summed E-state index contributed by atoms with van der Waals surface area (Å²) in [4.78, 5) is 0. The molecule has 0 amide bonds. The van der Waals surface area contributed by atoms with E-state index in [1.165, 1.54) is 12.8 Å². The lowest BCUT2D eigenvalue weighted by atomic mass is 9.78. The minimum atomic E-state index is 0.287. The predicted octanol–water partition coefficient (Wildman–Crippen LogP) is 3.46. The van der Waals surface area contributed by atoms with Crippen molar-refractivity contribution in [2.75, 3.05) is 19.1 Å². The van der Waals surface area contributed by atoms with Gasteiger partial charge in [0.2, 0.25) is 0 Å². The van der Waals surface area contributed by atoms with E-state index in [0.717, 1.165) is 25.5 Å². The quantitative estimate of drug-likeness (QED) is 0.640. The standard InChI is InChI=1S/C11H21ClO/c1-10(2,3)4-5-11(8-12)6-7-13-9-11/h4-9H2,1-3H3. The first-order valence-electron chi connectivity index (χ1n) is 5.11. The van der Waals surface area contributed by atoms with E-state index in [4.69, 9.17) is 16.3 Å². The molecule has 78 valence electrons. The highest BCUT2D eigenvalue weighted by molar-refractivity contribution is 6.18. The second kappa shape index (κ2) is 4.18. The van der Waals surface area contributed by atoms with Crippen LogP contribution in [0, 0.1) is 10.8 Å². The molecular formula is C11H21ClO. The Morgan fingerprint density at radius 3 is 2.46 bits per heavy atom. The molecule has 0 aromatic heterocycles. The first-order chi connectivity index (χ1) is 5.97. The second-order valence-electron chi connectivity index (χ2n) is 5.50. The summed E-state index contributed by atoms with van der Waals surface area (Å²) >= 11 is 6.01. The van der Waals surface area contributed by atoms with Crippen LogP contribution < -0.4 is 0 Å². The van der Waals surface area contributed by atoms with Gasteiger partial charge in [0, 0.05) is 17.9 Å². The third-order valence-electron chi connectivity index (χ3n) is 2.87. The molecule has 0 aromatic rings. The molecule has 13 heavy (non-hydrogen) atoms. The number of ether oxygens (including phenoxy) is 1. The lowest BCUT2D eigenvalue weighted by molar-refractivity contribution is 0.147. The van der Waals surface area contributed by atoms with Crippen LogP contribution in [0.5, 0.6) is 0 Å². The fraction of sp³-hybridized carbons (Fsp3) is 1.00. The van der Waals surface area contributed by atoms with Crippen LogP contribution in [0.1, 0.15) is 40.0 Å². The molecule has 1 heterocycles. The normalized spacial score (nSPS) is 29.5.